The molecule has 0 spiro atoms. The molecule has 0 aliphatic carbocycles. The highest BCUT2D eigenvalue weighted by molar-refractivity contribution is 8.00. The van der Waals surface area contributed by atoms with Crippen LogP contribution in [-0.2, 0) is 4.79 Å². The summed E-state index contributed by atoms with van der Waals surface area (Å²) in [5.74, 6) is 1.07. The van der Waals surface area contributed by atoms with Gasteiger partial charge in [0.05, 0.1) is 5.75 Å². The van der Waals surface area contributed by atoms with Gasteiger partial charge in [-0.15, -0.1) is 0 Å². The maximum atomic E-state index is 10.3. The van der Waals surface area contributed by atoms with Crippen LogP contribution in [-0.4, -0.2) is 28.5 Å². The molecule has 1 heterocycles. The van der Waals surface area contributed by atoms with Gasteiger partial charge in [-0.05, 0) is 0 Å². The lowest BCUT2D eigenvalue weighted by Gasteiger charge is -1.89. The number of Topliss-reactive ketones (excluding diaryl/α,β-unsaturated/α-hetero) is 1. The normalized spacial score (nSPS) is 31.6. The van der Waals surface area contributed by atoms with E-state index < -0.39 is 6.10 Å². The monoisotopic (exact) mass is 118 g/mol. The predicted molar refractivity (Wildman–Crippen MR) is 28.3 cm³/mol. The number of thioether (sulfide) groups is 1. The number of hydrogen-bond acceptors (Lipinski definition) is 3. The van der Waals surface area contributed by atoms with E-state index in [9.17, 15) is 4.79 Å². The van der Waals surface area contributed by atoms with Gasteiger partial charge in [-0.2, -0.15) is 11.8 Å². The lowest BCUT2D eigenvalue weighted by atomic mass is 10.3. The van der Waals surface area contributed by atoms with Gasteiger partial charge in [0.25, 0.3) is 0 Å². The van der Waals surface area contributed by atoms with Crippen LogP contribution in [0.1, 0.15) is 0 Å². The molecule has 0 amide bonds. The Kier molecular flexibility index (Phi) is 1.35. The zero-order chi connectivity index (χ0) is 5.28. The standard InChI is InChI=1S/C4H6O2S/c5-3-1-7-2-4(3)6/h3,5H,1-2H2. The molecule has 1 fully saturated rings. The Labute approximate surface area is 45.9 Å². The first-order valence-electron chi connectivity index (χ1n) is 2.09. The molecule has 40 valence electrons. The molecule has 1 saturated heterocycles. The lowest BCUT2D eigenvalue weighted by molar-refractivity contribution is -0.122. The number of hydrogen-bond donors (Lipinski definition) is 1. The summed E-state index contributed by atoms with van der Waals surface area (Å²) in [7, 11) is 0. The van der Waals surface area contributed by atoms with Crippen LogP contribution in [0.2, 0.25) is 0 Å². The molecule has 1 rings (SSSR count). The van der Waals surface area contributed by atoms with Crippen molar-refractivity contribution >= 4 is 17.5 Å². The predicted octanol–water partition coefficient (Wildman–Crippen LogP) is -0.337. The fourth-order valence-corrected chi connectivity index (χ4v) is 1.38. The van der Waals surface area contributed by atoms with Crippen LogP contribution in [0.5, 0.6) is 0 Å². The molecular formula is C4H6O2S. The van der Waals surface area contributed by atoms with Gasteiger partial charge >= 0.3 is 0 Å². The van der Waals surface area contributed by atoms with E-state index in [1.807, 2.05) is 0 Å². The second kappa shape index (κ2) is 1.84. The maximum Gasteiger partial charge on any atom is 0.171 e. The first-order valence-corrected chi connectivity index (χ1v) is 3.24. The third-order valence-corrected chi connectivity index (χ3v) is 1.93. The Bertz CT molecular complexity index is 91.7. The molecule has 1 aliphatic heterocycles. The molecule has 0 aromatic rings. The van der Waals surface area contributed by atoms with E-state index >= 15 is 0 Å². The number of aliphatic hydroxyl groups is 1. The van der Waals surface area contributed by atoms with Crippen molar-refractivity contribution in [1.82, 2.24) is 0 Å². The van der Waals surface area contributed by atoms with Gasteiger partial charge in [0.15, 0.2) is 5.78 Å². The molecule has 2 nitrogen and oxygen atoms in total. The average Bonchev–Trinajstić information content (AvgIpc) is 1.91. The lowest BCUT2D eigenvalue weighted by Crippen LogP contribution is -2.15. The topological polar surface area (TPSA) is 37.3 Å². The van der Waals surface area contributed by atoms with Crippen molar-refractivity contribution in [1.29, 1.82) is 0 Å². The second-order valence-corrected chi connectivity index (χ2v) is 2.53. The Morgan fingerprint density at radius 1 is 1.86 bits per heavy atom. The van der Waals surface area contributed by atoms with E-state index in [-0.39, 0.29) is 5.78 Å². The Morgan fingerprint density at radius 3 is 2.71 bits per heavy atom. The zero-order valence-electron chi connectivity index (χ0n) is 3.76. The molecule has 7 heavy (non-hydrogen) atoms. The summed E-state index contributed by atoms with van der Waals surface area (Å²) >= 11 is 1.49. The third-order valence-electron chi connectivity index (χ3n) is 0.892. The smallest absolute Gasteiger partial charge is 0.171 e. The third kappa shape index (κ3) is 0.951. The summed E-state index contributed by atoms with van der Waals surface area (Å²) in [6.45, 7) is 0. The van der Waals surface area contributed by atoms with Crippen molar-refractivity contribution in [2.45, 2.75) is 6.10 Å². The van der Waals surface area contributed by atoms with Crippen molar-refractivity contribution in [2.24, 2.45) is 0 Å². The molecule has 0 radical (unpaired) electrons. The van der Waals surface area contributed by atoms with Crippen LogP contribution in [0.15, 0.2) is 0 Å². The molecule has 0 aromatic carbocycles. The summed E-state index contributed by atoms with van der Waals surface area (Å²) in [4.78, 5) is 10.3. The highest BCUT2D eigenvalue weighted by Gasteiger charge is 2.21. The quantitative estimate of drug-likeness (QED) is 0.473. The molecule has 0 bridgehead atoms. The van der Waals surface area contributed by atoms with Crippen LogP contribution in [0, 0.1) is 0 Å². The van der Waals surface area contributed by atoms with Crippen LogP contribution in [0.4, 0.5) is 0 Å². The van der Waals surface area contributed by atoms with Crippen molar-refractivity contribution < 1.29 is 9.90 Å². The Balaban J connectivity index is 2.48. The molecule has 1 N–H and O–H groups in total. The largest absolute Gasteiger partial charge is 0.384 e. The molecule has 1 unspecified atom stereocenters. The van der Waals surface area contributed by atoms with E-state index in [1.165, 1.54) is 11.8 Å². The van der Waals surface area contributed by atoms with Gasteiger partial charge in [-0.1, -0.05) is 0 Å². The number of ketones is 1. The van der Waals surface area contributed by atoms with Gasteiger partial charge in [0, 0.05) is 5.75 Å². The highest BCUT2D eigenvalue weighted by Crippen LogP contribution is 2.12. The maximum absolute atomic E-state index is 10.3. The summed E-state index contributed by atoms with van der Waals surface area (Å²) in [5.41, 5.74) is 0. The molecule has 1 atom stereocenters. The van der Waals surface area contributed by atoms with Crippen molar-refractivity contribution in [3.05, 3.63) is 0 Å². The Morgan fingerprint density at radius 2 is 2.57 bits per heavy atom. The van der Waals surface area contributed by atoms with Crippen LogP contribution in [0.25, 0.3) is 0 Å². The van der Waals surface area contributed by atoms with Crippen LogP contribution in [0.3, 0.4) is 0 Å². The van der Waals surface area contributed by atoms with Gasteiger partial charge in [-0.25, -0.2) is 0 Å². The van der Waals surface area contributed by atoms with Gasteiger partial charge in [-0.3, -0.25) is 4.79 Å². The zero-order valence-corrected chi connectivity index (χ0v) is 4.57. The summed E-state index contributed by atoms with van der Waals surface area (Å²) in [6.07, 6.45) is -0.662. The Hall–Kier alpha value is -0.0200. The van der Waals surface area contributed by atoms with Gasteiger partial charge in [0.1, 0.15) is 6.10 Å². The first kappa shape index (κ1) is 5.12. The number of carbonyl (C=O) groups excluding carboxylic acids is 1. The molecule has 0 aromatic heterocycles. The SMILES string of the molecule is O=C1CSCC1O. The highest BCUT2D eigenvalue weighted by atomic mass is 32.2. The molecule has 1 aliphatic rings. The van der Waals surface area contributed by atoms with Crippen LogP contribution >= 0.6 is 11.8 Å². The minimum Gasteiger partial charge on any atom is -0.384 e. The average molecular weight is 118 g/mol. The first-order chi connectivity index (χ1) is 3.30. The molecular weight excluding hydrogens is 112 g/mol. The summed E-state index contributed by atoms with van der Waals surface area (Å²) in [6, 6.07) is 0. The van der Waals surface area contributed by atoms with Gasteiger partial charge < -0.3 is 5.11 Å². The van der Waals surface area contributed by atoms with E-state index in [4.69, 9.17) is 5.11 Å². The number of aliphatic hydroxyl groups excluding tert-OH is 1. The second-order valence-electron chi connectivity index (χ2n) is 1.50. The van der Waals surface area contributed by atoms with Crippen LogP contribution < -0.4 is 0 Å². The minimum atomic E-state index is -0.662. The molecule has 0 saturated carbocycles. The summed E-state index contributed by atoms with van der Waals surface area (Å²) in [5, 5.41) is 8.63. The fourth-order valence-electron chi connectivity index (χ4n) is 0.460. The number of carbonyl (C=O) groups is 1. The number of rotatable bonds is 0. The van der Waals surface area contributed by atoms with E-state index in [1.54, 1.807) is 0 Å². The van der Waals surface area contributed by atoms with Crippen molar-refractivity contribution in [3.8, 4) is 0 Å². The van der Waals surface area contributed by atoms with Crippen molar-refractivity contribution in [2.75, 3.05) is 11.5 Å². The minimum absolute atomic E-state index is 0.0231. The van der Waals surface area contributed by atoms with E-state index in [0.717, 1.165) is 0 Å². The van der Waals surface area contributed by atoms with E-state index in [0.29, 0.717) is 11.5 Å². The summed E-state index contributed by atoms with van der Waals surface area (Å²) < 4.78 is 0. The molecule has 3 heteroatoms. The fraction of sp³-hybridized carbons (Fsp3) is 0.750. The van der Waals surface area contributed by atoms with E-state index in [2.05, 4.69) is 0 Å². The van der Waals surface area contributed by atoms with Crippen molar-refractivity contribution in [3.63, 3.8) is 0 Å². The van der Waals surface area contributed by atoms with Gasteiger partial charge in [0.2, 0.25) is 0 Å².